The molecule has 7 amide bonds. The van der Waals surface area contributed by atoms with Gasteiger partial charge in [0.15, 0.2) is 5.60 Å². The fourth-order valence-corrected chi connectivity index (χ4v) is 13.6. The second kappa shape index (κ2) is 33.1. The van der Waals surface area contributed by atoms with E-state index in [1.54, 1.807) is 68.9 Å². The lowest BCUT2D eigenvalue weighted by Crippen LogP contribution is -2.54. The molecule has 1 saturated heterocycles. The van der Waals surface area contributed by atoms with Crippen LogP contribution in [0.25, 0.3) is 22.3 Å². The maximum absolute atomic E-state index is 15.5. The summed E-state index contributed by atoms with van der Waals surface area (Å²) in [5, 5.41) is 37.0. The number of rotatable bonds is 30. The number of sulfone groups is 1. The number of nitrogens with one attached hydrogen (secondary N) is 6. The number of aliphatic hydroxyl groups is 1. The van der Waals surface area contributed by atoms with Gasteiger partial charge in [-0.05, 0) is 137 Å². The highest BCUT2D eigenvalue weighted by atomic mass is 32.2. The molecule has 1 unspecified atom stereocenters. The van der Waals surface area contributed by atoms with Crippen LogP contribution >= 0.6 is 0 Å². The molecule has 1 aliphatic carbocycles. The topological polar surface area (TPSA) is 394 Å². The summed E-state index contributed by atoms with van der Waals surface area (Å²) in [7, 11) is -3.49. The number of nitrogens with zero attached hydrogens (tertiary/aromatic N) is 8. The highest BCUT2D eigenvalue weighted by molar-refractivity contribution is 7.90. The number of piperidine rings is 1. The Labute approximate surface area is 583 Å². The summed E-state index contributed by atoms with van der Waals surface area (Å²) in [6.07, 6.45) is 10.8. The first kappa shape index (κ1) is 73.9. The third-order valence-electron chi connectivity index (χ3n) is 18.8. The van der Waals surface area contributed by atoms with Gasteiger partial charge in [0.2, 0.25) is 38.6 Å². The Hall–Kier alpha value is -9.77. The zero-order valence-corrected chi connectivity index (χ0v) is 58.1. The molecule has 29 nitrogen and oxygen atoms in total. The van der Waals surface area contributed by atoms with Crippen molar-refractivity contribution in [2.45, 2.75) is 173 Å². The monoisotopic (exact) mass is 1410 g/mol. The van der Waals surface area contributed by atoms with Crippen molar-refractivity contribution in [1.82, 2.24) is 66.0 Å². The number of anilines is 1. The molecule has 1 fully saturated rings. The number of aryl methyl sites for hydroxylation is 1. The van der Waals surface area contributed by atoms with Gasteiger partial charge in [-0.3, -0.25) is 24.0 Å². The number of nitrogens with two attached hydrogens (primary N) is 1. The number of hydrogen-bond acceptors (Lipinski definition) is 20. The zero-order valence-electron chi connectivity index (χ0n) is 57.2. The van der Waals surface area contributed by atoms with Crippen LogP contribution in [0.5, 0.6) is 0 Å². The standard InChI is InChI=1S/C70H86FN15O14S/c1-6-70(95)51-32-56-62-49(38-86(56)65(91)50(51)40-99-66(70)92)60-53(22-21-48-42(4)52(71)33-55(78-62)59(48)60)80-69(94)100-39-44-17-19-46(20-18-44)77-63(89)54(14-11-25-73-67(72)93)79-64(90)61(41(2)3)81-58(88)16-10-13-43-23-26-84(27-24-43)28-30-98-31-29-85-37-47(82-83-85)36-74-57(87)15-9-7-8-12-45-34-75-68(76-35-45)101(5,96)97/h17-20,32-35,37,41,43,53-54,61,95H,6-7,9-11,13-16,21-31,36,38-40H2,1-5H3,(H,74,87)(H,77,89)(H,79,90)(H,80,94)(H,81,88)(H3,72,73,93)/t53?,54-,61-,70-/m0/s1. The van der Waals surface area contributed by atoms with E-state index in [0.717, 1.165) is 50.7 Å². The molecule has 3 aliphatic heterocycles. The summed E-state index contributed by atoms with van der Waals surface area (Å²) in [6.45, 7) is 10.9. The number of fused-ring (bicyclic) bond motifs is 5. The fraction of sp³-hybridized carbons (Fsp3) is 0.500. The van der Waals surface area contributed by atoms with E-state index in [4.69, 9.17) is 24.9 Å². The Morgan fingerprint density at radius 3 is 2.39 bits per heavy atom. The van der Waals surface area contributed by atoms with Crippen molar-refractivity contribution in [2.24, 2.45) is 17.6 Å². The number of cyclic esters (lactones) is 1. The van der Waals surface area contributed by atoms with Gasteiger partial charge in [0, 0.05) is 79.3 Å². The van der Waals surface area contributed by atoms with Crippen molar-refractivity contribution in [2.75, 3.05) is 51.0 Å². The van der Waals surface area contributed by atoms with Gasteiger partial charge >= 0.3 is 18.1 Å². The van der Waals surface area contributed by atoms with Gasteiger partial charge in [0.25, 0.3) is 5.56 Å². The number of carbonyl (C=O) groups is 7. The van der Waals surface area contributed by atoms with Crippen LogP contribution in [0, 0.1) is 36.4 Å². The van der Waals surface area contributed by atoms with Crippen molar-refractivity contribution in [3.8, 4) is 23.2 Å². The minimum Gasteiger partial charge on any atom is -0.458 e. The third kappa shape index (κ3) is 18.4. The third-order valence-corrected chi connectivity index (χ3v) is 19.7. The van der Waals surface area contributed by atoms with Crippen molar-refractivity contribution in [3.05, 3.63) is 121 Å². The molecule has 2 aromatic carbocycles. The molecule has 0 radical (unpaired) electrons. The van der Waals surface area contributed by atoms with Gasteiger partial charge in [0.1, 0.15) is 36.8 Å². The number of likely N-dealkylation sites (tertiary alicyclic amines) is 1. The highest BCUT2D eigenvalue weighted by Gasteiger charge is 2.46. The number of unbranched alkanes of at least 4 members (excludes halogenated alkanes) is 1. The predicted octanol–water partition coefficient (Wildman–Crippen LogP) is 4.68. The average molecular weight is 1410 g/mol. The Morgan fingerprint density at radius 1 is 0.921 bits per heavy atom. The van der Waals surface area contributed by atoms with E-state index in [1.807, 2.05) is 0 Å². The maximum atomic E-state index is 15.5. The molecule has 0 saturated carbocycles. The molecule has 10 rings (SSSR count). The van der Waals surface area contributed by atoms with Gasteiger partial charge in [-0.25, -0.2) is 46.8 Å². The lowest BCUT2D eigenvalue weighted by molar-refractivity contribution is -0.172. The van der Waals surface area contributed by atoms with Crippen LogP contribution in [0.2, 0.25) is 0 Å². The van der Waals surface area contributed by atoms with E-state index in [9.17, 15) is 51.9 Å². The van der Waals surface area contributed by atoms with Crippen LogP contribution in [-0.2, 0) is 92.9 Å². The number of aromatic nitrogens is 7. The van der Waals surface area contributed by atoms with Crippen molar-refractivity contribution >= 4 is 68.1 Å². The van der Waals surface area contributed by atoms with Gasteiger partial charge < -0.3 is 66.4 Å². The van der Waals surface area contributed by atoms with E-state index in [2.05, 4.69) is 68.9 Å². The molecule has 4 aromatic heterocycles. The second-order valence-electron chi connectivity index (χ2n) is 26.3. The first-order valence-electron chi connectivity index (χ1n) is 34.1. The van der Waals surface area contributed by atoms with E-state index in [-0.39, 0.29) is 99.0 Å². The molecule has 31 heteroatoms. The Balaban J connectivity index is 0.633. The van der Waals surface area contributed by atoms with Gasteiger partial charge in [-0.2, -0.15) is 0 Å². The molecule has 9 N–H and O–H groups in total. The maximum Gasteiger partial charge on any atom is 0.407 e. The Kier molecular flexibility index (Phi) is 24.3. The number of ether oxygens (including phenoxy) is 3. The number of carbonyl (C=O) groups excluding carboxylic acids is 7. The molecule has 6 aromatic rings. The fourth-order valence-electron chi connectivity index (χ4n) is 13.2. The first-order chi connectivity index (χ1) is 48.4. The van der Waals surface area contributed by atoms with Crippen LogP contribution < -0.4 is 43.2 Å². The number of esters is 1. The largest absolute Gasteiger partial charge is 0.458 e. The van der Waals surface area contributed by atoms with E-state index < -0.39 is 74.8 Å². The summed E-state index contributed by atoms with van der Waals surface area (Å²) in [5.41, 5.74) is 8.62. The SMILES string of the molecule is CC[C@@]1(O)C(=O)OCc2c1cc1n(c2=O)Cc2c-1nc1cc(F)c(C)c3c1c2C(NC(=O)OCc1ccc(NC(=O)[C@H](CCCNC(N)=O)NC(=O)[C@@H](NC(=O)CCCC2CCN(CCOCCn4cc(CNC(=O)CCCC#Cc5cnc(S(C)(=O)=O)nc5)nn4)CC2)C(C)C)cc1)CC3. The van der Waals surface area contributed by atoms with E-state index >= 15 is 4.39 Å². The molecular weight excluding hydrogens is 1330 g/mol. The van der Waals surface area contributed by atoms with E-state index in [1.165, 1.54) is 23.0 Å². The number of alkyl carbamates (subject to hydrolysis) is 1. The summed E-state index contributed by atoms with van der Waals surface area (Å²) < 4.78 is 58.6. The summed E-state index contributed by atoms with van der Waals surface area (Å²) in [4.78, 5) is 121. The van der Waals surface area contributed by atoms with Crippen molar-refractivity contribution < 1.29 is 65.7 Å². The average Bonchev–Trinajstić information content (AvgIpc) is 1.60. The molecule has 4 aliphatic rings. The number of pyridine rings is 2. The van der Waals surface area contributed by atoms with Gasteiger partial charge in [0.05, 0.1) is 73.1 Å². The first-order valence-corrected chi connectivity index (χ1v) is 36.0. The van der Waals surface area contributed by atoms with Crippen LogP contribution in [-0.4, -0.2) is 152 Å². The van der Waals surface area contributed by atoms with Gasteiger partial charge in [-0.1, -0.05) is 50.0 Å². The summed E-state index contributed by atoms with van der Waals surface area (Å²) in [5.74, 6) is 3.07. The van der Waals surface area contributed by atoms with Crippen LogP contribution in [0.1, 0.15) is 154 Å². The smallest absolute Gasteiger partial charge is 0.407 e. The molecular formula is C70H86FN15O14S. The molecule has 7 heterocycles. The van der Waals surface area contributed by atoms with Crippen LogP contribution in [0.3, 0.4) is 0 Å². The summed E-state index contributed by atoms with van der Waals surface area (Å²) in [6, 6.07) is 6.04. The number of urea groups is 1. The molecule has 0 bridgehead atoms. The molecule has 4 atom stereocenters. The van der Waals surface area contributed by atoms with Crippen molar-refractivity contribution in [3.63, 3.8) is 0 Å². The zero-order chi connectivity index (χ0) is 72.1. The quantitative estimate of drug-likeness (QED) is 0.0131. The number of halogens is 1. The summed E-state index contributed by atoms with van der Waals surface area (Å²) >= 11 is 0. The van der Waals surface area contributed by atoms with Crippen LogP contribution in [0.4, 0.5) is 19.7 Å². The molecule has 538 valence electrons. The number of amides is 7. The lowest BCUT2D eigenvalue weighted by Gasteiger charge is -2.31. The lowest BCUT2D eigenvalue weighted by atomic mass is 9.81. The predicted molar refractivity (Wildman–Crippen MR) is 366 cm³/mol. The van der Waals surface area contributed by atoms with E-state index in [0.29, 0.717) is 119 Å². The number of primary amides is 1. The number of benzene rings is 2. The van der Waals surface area contributed by atoms with Crippen LogP contribution in [0.15, 0.2) is 64.9 Å². The molecule has 0 spiro atoms. The normalized spacial score (nSPS) is 16.9. The van der Waals surface area contributed by atoms with Gasteiger partial charge in [-0.15, -0.1) is 5.10 Å². The van der Waals surface area contributed by atoms with Crippen molar-refractivity contribution in [1.29, 1.82) is 0 Å². The minimum atomic E-state index is -3.49. The highest BCUT2D eigenvalue weighted by Crippen LogP contribution is 2.46. The second-order valence-corrected chi connectivity index (χ2v) is 28.2. The number of hydrogen-bond donors (Lipinski definition) is 8. The molecule has 101 heavy (non-hydrogen) atoms. The Morgan fingerprint density at radius 2 is 1.66 bits per heavy atom. The minimum absolute atomic E-state index is 0.0444. The Bertz CT molecular complexity index is 4340.